The molecule has 0 saturated heterocycles. The lowest BCUT2D eigenvalue weighted by Crippen LogP contribution is -2.06. The average molecular weight is 284 g/mol. The number of alkyl halides is 1. The van der Waals surface area contributed by atoms with Crippen molar-refractivity contribution in [1.29, 1.82) is 0 Å². The van der Waals surface area contributed by atoms with Crippen LogP contribution in [0.1, 0.15) is 24.0 Å². The molecule has 2 rings (SSSR count). The van der Waals surface area contributed by atoms with Crippen molar-refractivity contribution in [3.8, 4) is 0 Å². The number of aryl methyl sites for hydroxylation is 2. The molecular formula is C10H14BrN5. The lowest BCUT2D eigenvalue weighted by atomic mass is 10.3. The second-order valence-electron chi connectivity index (χ2n) is 3.65. The molecule has 0 atom stereocenters. The minimum absolute atomic E-state index is 0.712. The summed E-state index contributed by atoms with van der Waals surface area (Å²) < 4.78 is 3.72. The van der Waals surface area contributed by atoms with Crippen LogP contribution in [0.4, 0.5) is 0 Å². The normalized spacial score (nSPS) is 10.9. The SMILES string of the molecule is CCc1cc(Cn2cc(CBr)nn2)n(C)n1. The van der Waals surface area contributed by atoms with E-state index in [1.807, 2.05) is 22.6 Å². The molecule has 0 aliphatic rings. The smallest absolute Gasteiger partial charge is 0.0932 e. The Labute approximate surface area is 103 Å². The quantitative estimate of drug-likeness (QED) is 0.800. The molecule has 0 saturated carbocycles. The zero-order valence-corrected chi connectivity index (χ0v) is 11.0. The van der Waals surface area contributed by atoms with Crippen molar-refractivity contribution in [3.63, 3.8) is 0 Å². The zero-order chi connectivity index (χ0) is 11.5. The number of hydrogen-bond donors (Lipinski definition) is 0. The Morgan fingerprint density at radius 1 is 1.38 bits per heavy atom. The van der Waals surface area contributed by atoms with Crippen LogP contribution in [0.3, 0.4) is 0 Å². The van der Waals surface area contributed by atoms with Crippen molar-refractivity contribution in [3.05, 3.63) is 29.3 Å². The molecule has 0 aliphatic carbocycles. The van der Waals surface area contributed by atoms with Gasteiger partial charge in [-0.2, -0.15) is 5.10 Å². The van der Waals surface area contributed by atoms with E-state index in [0.717, 1.165) is 28.8 Å². The lowest BCUT2D eigenvalue weighted by Gasteiger charge is -2.00. The van der Waals surface area contributed by atoms with Gasteiger partial charge in [0.2, 0.25) is 0 Å². The van der Waals surface area contributed by atoms with Gasteiger partial charge >= 0.3 is 0 Å². The van der Waals surface area contributed by atoms with Gasteiger partial charge in [-0.1, -0.05) is 28.1 Å². The van der Waals surface area contributed by atoms with Crippen molar-refractivity contribution in [2.24, 2.45) is 7.05 Å². The van der Waals surface area contributed by atoms with Crippen molar-refractivity contribution >= 4 is 15.9 Å². The van der Waals surface area contributed by atoms with Gasteiger partial charge in [-0.05, 0) is 12.5 Å². The van der Waals surface area contributed by atoms with E-state index in [-0.39, 0.29) is 0 Å². The number of aromatic nitrogens is 5. The van der Waals surface area contributed by atoms with Crippen LogP contribution in [0.2, 0.25) is 0 Å². The molecule has 0 aliphatic heterocycles. The molecule has 5 nitrogen and oxygen atoms in total. The van der Waals surface area contributed by atoms with Gasteiger partial charge in [0.15, 0.2) is 0 Å². The summed E-state index contributed by atoms with van der Waals surface area (Å²) in [7, 11) is 1.96. The number of halogens is 1. The van der Waals surface area contributed by atoms with Gasteiger partial charge < -0.3 is 0 Å². The molecule has 0 N–H and O–H groups in total. The first kappa shape index (κ1) is 11.3. The third-order valence-electron chi connectivity index (χ3n) is 2.44. The molecule has 2 aromatic rings. The van der Waals surface area contributed by atoms with Gasteiger partial charge in [0.25, 0.3) is 0 Å². The maximum absolute atomic E-state index is 4.40. The largest absolute Gasteiger partial charge is 0.270 e. The number of nitrogens with zero attached hydrogens (tertiary/aromatic N) is 5. The highest BCUT2D eigenvalue weighted by Crippen LogP contribution is 2.07. The molecule has 16 heavy (non-hydrogen) atoms. The van der Waals surface area contributed by atoms with Gasteiger partial charge in [0.05, 0.1) is 23.6 Å². The van der Waals surface area contributed by atoms with Crippen LogP contribution in [0, 0.1) is 0 Å². The summed E-state index contributed by atoms with van der Waals surface area (Å²) in [5, 5.41) is 13.2. The number of hydrogen-bond acceptors (Lipinski definition) is 3. The first-order valence-electron chi connectivity index (χ1n) is 5.19. The molecule has 2 heterocycles. The Morgan fingerprint density at radius 3 is 2.75 bits per heavy atom. The minimum Gasteiger partial charge on any atom is -0.270 e. The van der Waals surface area contributed by atoms with Crippen LogP contribution in [-0.4, -0.2) is 24.8 Å². The highest BCUT2D eigenvalue weighted by Gasteiger charge is 2.06. The highest BCUT2D eigenvalue weighted by molar-refractivity contribution is 9.08. The standard InChI is InChI=1S/C10H14BrN5/c1-3-8-4-10(15(2)13-8)7-16-6-9(5-11)12-14-16/h4,6H,3,5,7H2,1-2H3. The molecule has 0 aromatic carbocycles. The second-order valence-corrected chi connectivity index (χ2v) is 4.21. The third kappa shape index (κ3) is 2.32. The molecule has 0 unspecified atom stereocenters. The first-order chi connectivity index (χ1) is 7.72. The summed E-state index contributed by atoms with van der Waals surface area (Å²) in [6.45, 7) is 2.81. The van der Waals surface area contributed by atoms with E-state index in [0.29, 0.717) is 6.54 Å². The van der Waals surface area contributed by atoms with E-state index >= 15 is 0 Å². The zero-order valence-electron chi connectivity index (χ0n) is 9.39. The van der Waals surface area contributed by atoms with Gasteiger partial charge in [-0.25, -0.2) is 4.68 Å². The highest BCUT2D eigenvalue weighted by atomic mass is 79.9. The minimum atomic E-state index is 0.712. The Kier molecular flexibility index (Phi) is 3.38. The van der Waals surface area contributed by atoms with E-state index in [2.05, 4.69) is 44.3 Å². The predicted molar refractivity (Wildman–Crippen MR) is 64.3 cm³/mol. The van der Waals surface area contributed by atoms with Crippen LogP contribution >= 0.6 is 15.9 Å². The van der Waals surface area contributed by atoms with Crippen LogP contribution in [0.25, 0.3) is 0 Å². The van der Waals surface area contributed by atoms with Crippen molar-refractivity contribution < 1.29 is 0 Å². The molecule has 0 fully saturated rings. The summed E-state index contributed by atoms with van der Waals surface area (Å²) in [5.74, 6) is 0. The second kappa shape index (κ2) is 4.78. The molecule has 0 radical (unpaired) electrons. The topological polar surface area (TPSA) is 48.5 Å². The van der Waals surface area contributed by atoms with Gasteiger partial charge in [-0.3, -0.25) is 4.68 Å². The number of rotatable bonds is 4. The maximum Gasteiger partial charge on any atom is 0.0932 e. The Hall–Kier alpha value is -1.17. The molecule has 6 heteroatoms. The van der Waals surface area contributed by atoms with E-state index in [9.17, 15) is 0 Å². The van der Waals surface area contributed by atoms with Crippen LogP contribution in [0.15, 0.2) is 12.3 Å². The fraction of sp³-hybridized carbons (Fsp3) is 0.500. The van der Waals surface area contributed by atoms with E-state index in [1.165, 1.54) is 0 Å². The van der Waals surface area contributed by atoms with Crippen molar-refractivity contribution in [1.82, 2.24) is 24.8 Å². The lowest BCUT2D eigenvalue weighted by molar-refractivity contribution is 0.598. The molecule has 86 valence electrons. The Morgan fingerprint density at radius 2 is 2.19 bits per heavy atom. The molecule has 0 amide bonds. The van der Waals surface area contributed by atoms with Gasteiger partial charge in [-0.15, -0.1) is 5.10 Å². The van der Waals surface area contributed by atoms with E-state index < -0.39 is 0 Å². The first-order valence-corrected chi connectivity index (χ1v) is 6.31. The van der Waals surface area contributed by atoms with Gasteiger partial charge in [0.1, 0.15) is 0 Å². The molecule has 0 spiro atoms. The summed E-state index contributed by atoms with van der Waals surface area (Å²) in [6, 6.07) is 2.11. The van der Waals surface area contributed by atoms with Crippen molar-refractivity contribution in [2.45, 2.75) is 25.2 Å². The Bertz CT molecular complexity index is 473. The maximum atomic E-state index is 4.40. The average Bonchev–Trinajstić information content (AvgIpc) is 2.87. The Balaban J connectivity index is 2.16. The molecule has 0 bridgehead atoms. The summed E-state index contributed by atoms with van der Waals surface area (Å²) in [4.78, 5) is 0. The van der Waals surface area contributed by atoms with Crippen molar-refractivity contribution in [2.75, 3.05) is 0 Å². The van der Waals surface area contributed by atoms with E-state index in [4.69, 9.17) is 0 Å². The molecular weight excluding hydrogens is 270 g/mol. The van der Waals surface area contributed by atoms with Crippen LogP contribution < -0.4 is 0 Å². The predicted octanol–water partition coefficient (Wildman–Crippen LogP) is 1.52. The summed E-state index contributed by atoms with van der Waals surface area (Å²) in [6.07, 6.45) is 2.89. The monoisotopic (exact) mass is 283 g/mol. The van der Waals surface area contributed by atoms with Gasteiger partial charge in [0, 0.05) is 18.6 Å². The summed E-state index contributed by atoms with van der Waals surface area (Å²) in [5.41, 5.74) is 3.19. The van der Waals surface area contributed by atoms with Crippen LogP contribution in [0.5, 0.6) is 0 Å². The fourth-order valence-corrected chi connectivity index (χ4v) is 1.79. The summed E-state index contributed by atoms with van der Waals surface area (Å²) >= 11 is 3.35. The van der Waals surface area contributed by atoms with E-state index in [1.54, 1.807) is 0 Å². The van der Waals surface area contributed by atoms with Crippen LogP contribution in [-0.2, 0) is 25.3 Å². The third-order valence-corrected chi connectivity index (χ3v) is 3.01. The molecule has 2 aromatic heterocycles. The fourth-order valence-electron chi connectivity index (χ4n) is 1.54.